The van der Waals surface area contributed by atoms with Crippen LogP contribution >= 0.6 is 11.6 Å². The maximum atomic E-state index is 11.7. The van der Waals surface area contributed by atoms with Crippen LogP contribution in [-0.2, 0) is 4.79 Å². The third-order valence-electron chi connectivity index (χ3n) is 2.71. The summed E-state index contributed by atoms with van der Waals surface area (Å²) in [7, 11) is 0. The molecule has 7 heteroatoms. The van der Waals surface area contributed by atoms with Crippen LogP contribution in [0.25, 0.3) is 0 Å². The first kappa shape index (κ1) is 12.8. The van der Waals surface area contributed by atoms with Crippen molar-refractivity contribution < 1.29 is 9.59 Å². The van der Waals surface area contributed by atoms with Crippen molar-refractivity contribution in [2.45, 2.75) is 12.8 Å². The summed E-state index contributed by atoms with van der Waals surface area (Å²) in [5.41, 5.74) is 0.147. The van der Waals surface area contributed by atoms with Gasteiger partial charge >= 0.3 is 0 Å². The Morgan fingerprint density at radius 2 is 2.00 bits per heavy atom. The second kappa shape index (κ2) is 5.77. The van der Waals surface area contributed by atoms with Crippen LogP contribution in [-0.4, -0.2) is 46.3 Å². The predicted octanol–water partition coefficient (Wildman–Crippen LogP) is 0.482. The summed E-state index contributed by atoms with van der Waals surface area (Å²) in [4.78, 5) is 32.7. The highest BCUT2D eigenvalue weighted by Crippen LogP contribution is 2.07. The van der Waals surface area contributed by atoms with Crippen LogP contribution in [0.3, 0.4) is 0 Å². The summed E-state index contributed by atoms with van der Waals surface area (Å²) in [6.45, 7) is 1.54. The van der Waals surface area contributed by atoms with Gasteiger partial charge in [-0.3, -0.25) is 9.59 Å². The number of carbonyl (C=O) groups is 2. The van der Waals surface area contributed by atoms with Crippen LogP contribution < -0.4 is 5.32 Å². The third kappa shape index (κ3) is 3.16. The van der Waals surface area contributed by atoms with E-state index in [1.165, 1.54) is 12.4 Å². The van der Waals surface area contributed by atoms with Crippen molar-refractivity contribution in [3.63, 3.8) is 0 Å². The van der Waals surface area contributed by atoms with Crippen molar-refractivity contribution >= 4 is 23.4 Å². The zero-order valence-corrected chi connectivity index (χ0v) is 10.5. The van der Waals surface area contributed by atoms with Crippen LogP contribution in [0.15, 0.2) is 12.4 Å². The monoisotopic (exact) mass is 268 g/mol. The van der Waals surface area contributed by atoms with Gasteiger partial charge in [-0.2, -0.15) is 0 Å². The number of aromatic nitrogens is 2. The fraction of sp³-hybridized carbons (Fsp3) is 0.455. The van der Waals surface area contributed by atoms with Crippen molar-refractivity contribution in [2.75, 3.05) is 19.6 Å². The van der Waals surface area contributed by atoms with E-state index in [4.69, 9.17) is 11.6 Å². The van der Waals surface area contributed by atoms with Gasteiger partial charge in [-0.1, -0.05) is 11.6 Å². The summed E-state index contributed by atoms with van der Waals surface area (Å²) in [5, 5.41) is 2.74. The molecule has 6 nitrogen and oxygen atoms in total. The normalized spacial score (nSPS) is 14.6. The number of likely N-dealkylation sites (tertiary alicyclic amines) is 1. The van der Waals surface area contributed by atoms with E-state index in [-0.39, 0.29) is 23.3 Å². The molecule has 0 spiro atoms. The van der Waals surface area contributed by atoms with Gasteiger partial charge in [-0.25, -0.2) is 9.97 Å². The minimum Gasteiger partial charge on any atom is -0.342 e. The first-order valence-electron chi connectivity index (χ1n) is 5.70. The lowest BCUT2D eigenvalue weighted by Crippen LogP contribution is -2.38. The predicted molar refractivity (Wildman–Crippen MR) is 65.2 cm³/mol. The number of carbonyl (C=O) groups excluding carboxylic acids is 2. The molecule has 0 aromatic carbocycles. The van der Waals surface area contributed by atoms with E-state index in [2.05, 4.69) is 15.3 Å². The van der Waals surface area contributed by atoms with Gasteiger partial charge in [0, 0.05) is 13.1 Å². The number of amides is 2. The highest BCUT2D eigenvalue weighted by atomic mass is 35.5. The second-order valence-electron chi connectivity index (χ2n) is 3.99. The first-order valence-corrected chi connectivity index (χ1v) is 6.08. The lowest BCUT2D eigenvalue weighted by Gasteiger charge is -2.15. The van der Waals surface area contributed by atoms with Gasteiger partial charge in [-0.05, 0) is 12.8 Å². The highest BCUT2D eigenvalue weighted by molar-refractivity contribution is 6.29. The van der Waals surface area contributed by atoms with Crippen molar-refractivity contribution in [3.05, 3.63) is 23.2 Å². The molecule has 2 rings (SSSR count). The van der Waals surface area contributed by atoms with Crippen LogP contribution in [0.2, 0.25) is 5.15 Å². The zero-order chi connectivity index (χ0) is 13.0. The molecule has 1 aliphatic rings. The van der Waals surface area contributed by atoms with Crippen molar-refractivity contribution in [1.82, 2.24) is 20.2 Å². The van der Waals surface area contributed by atoms with Gasteiger partial charge < -0.3 is 10.2 Å². The van der Waals surface area contributed by atoms with E-state index in [0.29, 0.717) is 0 Å². The maximum absolute atomic E-state index is 11.7. The fourth-order valence-electron chi connectivity index (χ4n) is 1.75. The number of hydrogen-bond donors (Lipinski definition) is 1. The zero-order valence-electron chi connectivity index (χ0n) is 9.73. The molecule has 1 aromatic rings. The number of nitrogens with one attached hydrogen (secondary N) is 1. The molecular weight excluding hydrogens is 256 g/mol. The molecule has 1 aromatic heterocycles. The number of halogens is 1. The number of rotatable bonds is 3. The van der Waals surface area contributed by atoms with Crippen LogP contribution in [0, 0.1) is 0 Å². The first-order chi connectivity index (χ1) is 8.66. The minimum atomic E-state index is -0.424. The fourth-order valence-corrected chi connectivity index (χ4v) is 1.85. The Hall–Kier alpha value is -1.69. The second-order valence-corrected chi connectivity index (χ2v) is 4.38. The lowest BCUT2D eigenvalue weighted by molar-refractivity contribution is -0.129. The highest BCUT2D eigenvalue weighted by Gasteiger charge is 2.18. The summed E-state index contributed by atoms with van der Waals surface area (Å²) in [6.07, 6.45) is 4.63. The molecule has 96 valence electrons. The molecule has 1 fully saturated rings. The Morgan fingerprint density at radius 1 is 1.28 bits per heavy atom. The molecule has 2 amide bonds. The Balaban J connectivity index is 1.84. The quantitative estimate of drug-likeness (QED) is 0.865. The molecular formula is C11H13ClN4O2. The Kier molecular flexibility index (Phi) is 4.09. The van der Waals surface area contributed by atoms with Gasteiger partial charge in [0.05, 0.1) is 18.9 Å². The van der Waals surface area contributed by atoms with Crippen LogP contribution in [0.1, 0.15) is 23.3 Å². The third-order valence-corrected chi connectivity index (χ3v) is 2.91. The molecule has 18 heavy (non-hydrogen) atoms. The average Bonchev–Trinajstić information content (AvgIpc) is 2.90. The molecule has 0 bridgehead atoms. The molecule has 1 aliphatic heterocycles. The summed E-state index contributed by atoms with van der Waals surface area (Å²) in [5.74, 6) is -0.491. The smallest absolute Gasteiger partial charge is 0.271 e. The Morgan fingerprint density at radius 3 is 2.61 bits per heavy atom. The maximum Gasteiger partial charge on any atom is 0.271 e. The lowest BCUT2D eigenvalue weighted by atomic mass is 10.4. The van der Waals surface area contributed by atoms with Crippen LogP contribution in [0.5, 0.6) is 0 Å². The van der Waals surface area contributed by atoms with Gasteiger partial charge in [0.1, 0.15) is 10.8 Å². The van der Waals surface area contributed by atoms with Crippen molar-refractivity contribution in [2.24, 2.45) is 0 Å². The van der Waals surface area contributed by atoms with E-state index in [9.17, 15) is 9.59 Å². The topological polar surface area (TPSA) is 75.2 Å². The molecule has 0 unspecified atom stereocenters. The van der Waals surface area contributed by atoms with E-state index in [1.54, 1.807) is 4.90 Å². The molecule has 0 atom stereocenters. The molecule has 0 radical (unpaired) electrons. The van der Waals surface area contributed by atoms with Gasteiger partial charge in [0.15, 0.2) is 0 Å². The van der Waals surface area contributed by atoms with E-state index >= 15 is 0 Å². The van der Waals surface area contributed by atoms with E-state index in [0.717, 1.165) is 25.9 Å². The molecule has 2 heterocycles. The van der Waals surface area contributed by atoms with Gasteiger partial charge in [-0.15, -0.1) is 0 Å². The van der Waals surface area contributed by atoms with Crippen molar-refractivity contribution in [1.29, 1.82) is 0 Å². The van der Waals surface area contributed by atoms with E-state index in [1.807, 2.05) is 0 Å². The van der Waals surface area contributed by atoms with Gasteiger partial charge in [0.2, 0.25) is 5.91 Å². The van der Waals surface area contributed by atoms with Gasteiger partial charge in [0.25, 0.3) is 5.91 Å². The minimum absolute atomic E-state index is 0.0108. The SMILES string of the molecule is O=C(NCC(=O)N1CCCC1)c1cnc(Cl)cn1. The summed E-state index contributed by atoms with van der Waals surface area (Å²) in [6, 6.07) is 0. The Labute approximate surface area is 109 Å². The number of nitrogens with zero attached hydrogens (tertiary/aromatic N) is 3. The standard InChI is InChI=1S/C11H13ClN4O2/c12-9-6-13-8(5-14-9)11(18)15-7-10(17)16-3-1-2-4-16/h5-6H,1-4,7H2,(H,15,18). The average molecular weight is 269 g/mol. The number of hydrogen-bond acceptors (Lipinski definition) is 4. The molecule has 0 saturated carbocycles. The van der Waals surface area contributed by atoms with E-state index < -0.39 is 5.91 Å². The largest absolute Gasteiger partial charge is 0.342 e. The van der Waals surface area contributed by atoms with Crippen LogP contribution in [0.4, 0.5) is 0 Å². The molecule has 1 saturated heterocycles. The molecule has 0 aliphatic carbocycles. The van der Waals surface area contributed by atoms with Crippen molar-refractivity contribution in [3.8, 4) is 0 Å². The Bertz CT molecular complexity index is 443. The molecule has 1 N–H and O–H groups in total. The summed E-state index contributed by atoms with van der Waals surface area (Å²) < 4.78 is 0. The summed E-state index contributed by atoms with van der Waals surface area (Å²) >= 11 is 5.56.